The van der Waals surface area contributed by atoms with E-state index in [0.717, 1.165) is 6.08 Å². The number of ether oxygens (including phenoxy) is 1. The number of para-hydroxylation sites is 1. The van der Waals surface area contributed by atoms with E-state index in [1.807, 2.05) is 18.2 Å². The van der Waals surface area contributed by atoms with Crippen LogP contribution in [-0.2, 0) is 0 Å². The van der Waals surface area contributed by atoms with E-state index in [0.29, 0.717) is 5.75 Å². The largest absolute Gasteiger partial charge is 0.458 e. The Morgan fingerprint density at radius 3 is 2.29 bits per heavy atom. The molecule has 1 aliphatic rings. The summed E-state index contributed by atoms with van der Waals surface area (Å²) in [4.78, 5) is 0. The molecule has 0 fully saturated rings. The molecule has 0 saturated heterocycles. The van der Waals surface area contributed by atoms with Crippen molar-refractivity contribution in [3.63, 3.8) is 0 Å². The van der Waals surface area contributed by atoms with Crippen LogP contribution >= 0.6 is 0 Å². The molecule has 5 nitrogen and oxygen atoms in total. The van der Waals surface area contributed by atoms with E-state index in [4.69, 9.17) is 16.2 Å². The highest BCUT2D eigenvalue weighted by Crippen LogP contribution is 2.25. The molecule has 1 aromatic carbocycles. The average molecular weight is 234 g/mol. The van der Waals surface area contributed by atoms with Crippen LogP contribution in [0.3, 0.4) is 0 Å². The van der Waals surface area contributed by atoms with Crippen LogP contribution in [0.2, 0.25) is 0 Å². The maximum absolute atomic E-state index is 9.65. The number of allylic oxidation sites excluding steroid dienone is 1. The number of aliphatic hydroxyl groups is 2. The Labute approximate surface area is 98.6 Å². The Kier molecular flexibility index (Phi) is 2.76. The lowest BCUT2D eigenvalue weighted by Gasteiger charge is -2.35. The van der Waals surface area contributed by atoms with Gasteiger partial charge >= 0.3 is 0 Å². The second kappa shape index (κ2) is 3.97. The molecule has 17 heavy (non-hydrogen) atoms. The first-order valence-electron chi connectivity index (χ1n) is 5.08. The molecular weight excluding hydrogens is 220 g/mol. The first kappa shape index (κ1) is 11.8. The maximum atomic E-state index is 9.65. The van der Waals surface area contributed by atoms with Crippen LogP contribution in [0.5, 0.6) is 5.75 Å². The van der Waals surface area contributed by atoms with Crippen molar-refractivity contribution >= 4 is 0 Å². The van der Waals surface area contributed by atoms with E-state index < -0.39 is 11.4 Å². The van der Waals surface area contributed by atoms with Crippen molar-refractivity contribution in [1.29, 1.82) is 0 Å². The molecule has 2 rings (SSSR count). The molecule has 0 amide bonds. The van der Waals surface area contributed by atoms with Gasteiger partial charge in [-0.05, 0) is 24.3 Å². The van der Waals surface area contributed by atoms with Gasteiger partial charge in [0, 0.05) is 6.08 Å². The second-order valence-corrected chi connectivity index (χ2v) is 3.95. The summed E-state index contributed by atoms with van der Waals surface area (Å²) in [6.07, 6.45) is 3.85. The second-order valence-electron chi connectivity index (χ2n) is 3.95. The summed E-state index contributed by atoms with van der Waals surface area (Å²) in [5, 5.41) is 19.3. The van der Waals surface area contributed by atoms with Crippen LogP contribution in [0, 0.1) is 0 Å². The third kappa shape index (κ3) is 2.37. The lowest BCUT2D eigenvalue weighted by atomic mass is 9.95. The monoisotopic (exact) mass is 234 g/mol. The summed E-state index contributed by atoms with van der Waals surface area (Å²) in [7, 11) is 0. The molecule has 0 atom stereocenters. The van der Waals surface area contributed by atoms with Crippen LogP contribution in [-0.4, -0.2) is 21.7 Å². The molecule has 6 N–H and O–H groups in total. The zero-order valence-electron chi connectivity index (χ0n) is 9.08. The van der Waals surface area contributed by atoms with Crippen molar-refractivity contribution in [2.24, 2.45) is 11.5 Å². The van der Waals surface area contributed by atoms with Crippen LogP contribution in [0.1, 0.15) is 0 Å². The molecule has 0 spiro atoms. The maximum Gasteiger partial charge on any atom is 0.222 e. The lowest BCUT2D eigenvalue weighted by Crippen LogP contribution is -2.66. The minimum absolute atomic E-state index is 0.271. The minimum Gasteiger partial charge on any atom is -0.458 e. The number of hydrogen-bond donors (Lipinski definition) is 4. The van der Waals surface area contributed by atoms with Crippen molar-refractivity contribution in [3.05, 3.63) is 54.3 Å². The fraction of sp³-hybridized carbons (Fsp3) is 0.167. The van der Waals surface area contributed by atoms with Gasteiger partial charge in [0.1, 0.15) is 17.2 Å². The summed E-state index contributed by atoms with van der Waals surface area (Å²) in [6, 6.07) is 8.97. The molecule has 0 radical (unpaired) electrons. The molecular formula is C12H14N2O3. The molecule has 0 heterocycles. The summed E-state index contributed by atoms with van der Waals surface area (Å²) in [5.41, 5.74) is 9.28. The van der Waals surface area contributed by atoms with Gasteiger partial charge in [-0.1, -0.05) is 18.2 Å². The summed E-state index contributed by atoms with van der Waals surface area (Å²) >= 11 is 0. The van der Waals surface area contributed by atoms with Crippen molar-refractivity contribution < 1.29 is 14.9 Å². The molecule has 0 unspecified atom stereocenters. The Hall–Kier alpha value is -1.66. The third-order valence-electron chi connectivity index (χ3n) is 2.48. The van der Waals surface area contributed by atoms with E-state index in [1.54, 1.807) is 12.1 Å². The van der Waals surface area contributed by atoms with Gasteiger partial charge in [-0.2, -0.15) is 0 Å². The van der Waals surface area contributed by atoms with E-state index in [-0.39, 0.29) is 5.76 Å². The molecule has 0 aliphatic heterocycles. The van der Waals surface area contributed by atoms with Gasteiger partial charge in [0.25, 0.3) is 0 Å². The normalized spacial score (nSPS) is 20.8. The predicted octanol–water partition coefficient (Wildman–Crippen LogP) is -0.186. The van der Waals surface area contributed by atoms with Crippen LogP contribution in [0.4, 0.5) is 0 Å². The Bertz CT molecular complexity index is 464. The van der Waals surface area contributed by atoms with E-state index >= 15 is 0 Å². The molecule has 5 heteroatoms. The van der Waals surface area contributed by atoms with Crippen LogP contribution in [0.25, 0.3) is 0 Å². The van der Waals surface area contributed by atoms with E-state index in [2.05, 4.69) is 0 Å². The topological polar surface area (TPSA) is 102 Å². The Balaban J connectivity index is 2.20. The first-order chi connectivity index (χ1) is 7.91. The smallest absolute Gasteiger partial charge is 0.222 e. The minimum atomic E-state index is -2.34. The van der Waals surface area contributed by atoms with Crippen molar-refractivity contribution in [3.8, 4) is 5.75 Å². The van der Waals surface area contributed by atoms with Gasteiger partial charge in [-0.15, -0.1) is 0 Å². The van der Waals surface area contributed by atoms with Crippen LogP contribution < -0.4 is 16.2 Å². The summed E-state index contributed by atoms with van der Waals surface area (Å²) in [6.45, 7) is 0. The van der Waals surface area contributed by atoms with Gasteiger partial charge in [0.05, 0.1) is 0 Å². The molecule has 1 aliphatic carbocycles. The fourth-order valence-electron chi connectivity index (χ4n) is 1.40. The highest BCUT2D eigenvalue weighted by Gasteiger charge is 2.42. The quantitative estimate of drug-likeness (QED) is 0.531. The predicted molar refractivity (Wildman–Crippen MR) is 62.6 cm³/mol. The molecule has 0 saturated carbocycles. The highest BCUT2D eigenvalue weighted by atomic mass is 16.5. The zero-order valence-corrected chi connectivity index (χ0v) is 9.08. The van der Waals surface area contributed by atoms with Crippen molar-refractivity contribution in [2.45, 2.75) is 11.4 Å². The van der Waals surface area contributed by atoms with Gasteiger partial charge in [-0.3, -0.25) is 0 Å². The highest BCUT2D eigenvalue weighted by molar-refractivity contribution is 5.34. The Morgan fingerprint density at radius 1 is 1.06 bits per heavy atom. The first-order valence-corrected chi connectivity index (χ1v) is 5.08. The SMILES string of the molecule is NC1(N)C=CC(Oc2ccccc2)=CC1(O)O. The zero-order chi connectivity index (χ0) is 12.5. The molecule has 0 aromatic heterocycles. The average Bonchev–Trinajstić information content (AvgIpc) is 2.25. The lowest BCUT2D eigenvalue weighted by molar-refractivity contribution is -0.158. The standard InChI is InChI=1S/C12H14N2O3/c13-11(14)7-6-10(8-12(11,15)16)17-9-4-2-1-3-5-9/h1-8,15-16H,13-14H2. The van der Waals surface area contributed by atoms with Gasteiger partial charge < -0.3 is 26.4 Å². The molecule has 0 bridgehead atoms. The molecule has 90 valence electrons. The van der Waals surface area contributed by atoms with Crippen molar-refractivity contribution in [1.82, 2.24) is 0 Å². The summed E-state index contributed by atoms with van der Waals surface area (Å²) in [5.74, 6) is -1.49. The number of benzene rings is 1. The third-order valence-corrected chi connectivity index (χ3v) is 2.48. The van der Waals surface area contributed by atoms with Gasteiger partial charge in [-0.25, -0.2) is 0 Å². The van der Waals surface area contributed by atoms with E-state index in [1.165, 1.54) is 12.2 Å². The van der Waals surface area contributed by atoms with Gasteiger partial charge in [0.15, 0.2) is 0 Å². The summed E-state index contributed by atoms with van der Waals surface area (Å²) < 4.78 is 5.43. The number of rotatable bonds is 2. The van der Waals surface area contributed by atoms with Gasteiger partial charge in [0.2, 0.25) is 5.79 Å². The fourth-order valence-corrected chi connectivity index (χ4v) is 1.40. The Morgan fingerprint density at radius 2 is 1.71 bits per heavy atom. The number of hydrogen-bond acceptors (Lipinski definition) is 5. The molecule has 1 aromatic rings. The number of nitrogens with two attached hydrogens (primary N) is 2. The van der Waals surface area contributed by atoms with E-state index in [9.17, 15) is 10.2 Å². The van der Waals surface area contributed by atoms with Crippen molar-refractivity contribution in [2.75, 3.05) is 0 Å². The van der Waals surface area contributed by atoms with Crippen LogP contribution in [0.15, 0.2) is 54.3 Å².